The van der Waals surface area contributed by atoms with Gasteiger partial charge in [0.1, 0.15) is 5.82 Å². The van der Waals surface area contributed by atoms with Crippen molar-refractivity contribution in [2.75, 3.05) is 33.2 Å². The Morgan fingerprint density at radius 1 is 1.22 bits per heavy atom. The van der Waals surface area contributed by atoms with Gasteiger partial charge in [-0.1, -0.05) is 13.8 Å². The van der Waals surface area contributed by atoms with E-state index in [4.69, 9.17) is 0 Å². The number of aryl methyl sites for hydroxylation is 1. The lowest BCUT2D eigenvalue weighted by Gasteiger charge is -2.37. The van der Waals surface area contributed by atoms with Crippen molar-refractivity contribution in [1.82, 2.24) is 29.9 Å². The predicted octanol–water partition coefficient (Wildman–Crippen LogP) is -0.000880. The average molecular weight is 321 g/mol. The first kappa shape index (κ1) is 17.2. The lowest BCUT2D eigenvalue weighted by Crippen LogP contribution is -2.54. The summed E-state index contributed by atoms with van der Waals surface area (Å²) in [5.41, 5.74) is 0. The van der Waals surface area contributed by atoms with Gasteiger partial charge in [0.2, 0.25) is 5.91 Å². The fourth-order valence-corrected chi connectivity index (χ4v) is 2.60. The fraction of sp³-hybridized carbons (Fsp3) is 0.733. The van der Waals surface area contributed by atoms with E-state index in [0.29, 0.717) is 6.54 Å². The van der Waals surface area contributed by atoms with E-state index in [2.05, 4.69) is 25.4 Å². The smallest absolute Gasteiger partial charge is 0.225 e. The number of carbonyl (C=O) groups is 1. The maximum absolute atomic E-state index is 12.0. The highest BCUT2D eigenvalue weighted by Crippen LogP contribution is 2.07. The number of nitrogens with zero attached hydrogens (tertiary/aromatic N) is 6. The van der Waals surface area contributed by atoms with Gasteiger partial charge in [0.05, 0.1) is 6.54 Å². The number of carbonyl (C=O) groups excluding carboxylic acids is 1. The molecule has 0 radical (unpaired) electrons. The van der Waals surface area contributed by atoms with Crippen LogP contribution in [0.25, 0.3) is 0 Å². The van der Waals surface area contributed by atoms with E-state index in [1.54, 1.807) is 7.05 Å². The number of rotatable bonds is 3. The average Bonchev–Trinajstić information content (AvgIpc) is 2.87. The van der Waals surface area contributed by atoms with Crippen LogP contribution in [0.4, 0.5) is 0 Å². The molecule has 0 unspecified atom stereocenters. The number of guanidine groups is 1. The second-order valence-corrected chi connectivity index (χ2v) is 6.09. The van der Waals surface area contributed by atoms with Crippen LogP contribution in [0.3, 0.4) is 0 Å². The van der Waals surface area contributed by atoms with Gasteiger partial charge in [0.25, 0.3) is 0 Å². The Kier molecular flexibility index (Phi) is 5.57. The van der Waals surface area contributed by atoms with Gasteiger partial charge in [0, 0.05) is 46.2 Å². The zero-order chi connectivity index (χ0) is 17.0. The minimum Gasteiger partial charge on any atom is -0.349 e. The number of piperazine rings is 1. The summed E-state index contributed by atoms with van der Waals surface area (Å²) in [7, 11) is 3.72. The Labute approximate surface area is 137 Å². The Bertz CT molecular complexity index is 570. The van der Waals surface area contributed by atoms with Crippen LogP contribution in [0, 0.1) is 12.8 Å². The molecule has 1 fully saturated rings. The number of nitrogens with one attached hydrogen (secondary N) is 1. The summed E-state index contributed by atoms with van der Waals surface area (Å²) in [5.74, 6) is 2.87. The van der Waals surface area contributed by atoms with E-state index in [1.807, 2.05) is 37.3 Å². The Balaban J connectivity index is 1.88. The minimum atomic E-state index is 0.0538. The van der Waals surface area contributed by atoms with Crippen molar-refractivity contribution in [2.24, 2.45) is 18.0 Å². The lowest BCUT2D eigenvalue weighted by atomic mass is 10.1. The fourth-order valence-electron chi connectivity index (χ4n) is 2.60. The molecule has 8 nitrogen and oxygen atoms in total. The molecule has 0 bridgehead atoms. The number of amides is 1. The van der Waals surface area contributed by atoms with Crippen LogP contribution in [0.2, 0.25) is 0 Å². The van der Waals surface area contributed by atoms with E-state index in [-0.39, 0.29) is 11.8 Å². The van der Waals surface area contributed by atoms with Crippen LogP contribution in [0.1, 0.15) is 25.5 Å². The molecule has 2 heterocycles. The predicted molar refractivity (Wildman–Crippen MR) is 88.9 cm³/mol. The molecular weight excluding hydrogens is 294 g/mol. The number of aromatic nitrogens is 3. The summed E-state index contributed by atoms with van der Waals surface area (Å²) in [5, 5.41) is 11.5. The van der Waals surface area contributed by atoms with Crippen molar-refractivity contribution in [3.8, 4) is 0 Å². The van der Waals surface area contributed by atoms with E-state index in [9.17, 15) is 4.79 Å². The SMILES string of the molecule is CN=C(NCc1nnc(C)n1C)N1CCN(C(=O)C(C)C)CC1. The van der Waals surface area contributed by atoms with Gasteiger partial charge in [-0.3, -0.25) is 9.79 Å². The van der Waals surface area contributed by atoms with Crippen LogP contribution in [-0.2, 0) is 18.4 Å². The molecule has 8 heteroatoms. The van der Waals surface area contributed by atoms with Crippen molar-refractivity contribution in [3.63, 3.8) is 0 Å². The minimum absolute atomic E-state index is 0.0538. The normalized spacial score (nSPS) is 16.2. The third-order valence-electron chi connectivity index (χ3n) is 4.18. The topological polar surface area (TPSA) is 78.7 Å². The summed E-state index contributed by atoms with van der Waals surface area (Å²) in [6.45, 7) is 9.44. The van der Waals surface area contributed by atoms with Crippen molar-refractivity contribution in [2.45, 2.75) is 27.3 Å². The van der Waals surface area contributed by atoms with Gasteiger partial charge in [-0.15, -0.1) is 10.2 Å². The Hall–Kier alpha value is -2.12. The molecule has 23 heavy (non-hydrogen) atoms. The molecule has 0 aliphatic carbocycles. The van der Waals surface area contributed by atoms with Gasteiger partial charge < -0.3 is 19.7 Å². The molecular formula is C15H27N7O. The van der Waals surface area contributed by atoms with E-state index < -0.39 is 0 Å². The highest BCUT2D eigenvalue weighted by Gasteiger charge is 2.24. The Morgan fingerprint density at radius 2 is 1.83 bits per heavy atom. The van der Waals surface area contributed by atoms with Crippen LogP contribution >= 0.6 is 0 Å². The molecule has 1 aliphatic heterocycles. The van der Waals surface area contributed by atoms with Crippen LogP contribution < -0.4 is 5.32 Å². The molecule has 1 aromatic rings. The molecule has 2 rings (SSSR count). The van der Waals surface area contributed by atoms with Gasteiger partial charge >= 0.3 is 0 Å². The number of hydrogen-bond acceptors (Lipinski definition) is 4. The summed E-state index contributed by atoms with van der Waals surface area (Å²) < 4.78 is 1.96. The number of hydrogen-bond donors (Lipinski definition) is 1. The maximum Gasteiger partial charge on any atom is 0.225 e. The summed E-state index contributed by atoms with van der Waals surface area (Å²) in [6, 6.07) is 0. The quantitative estimate of drug-likeness (QED) is 0.626. The van der Waals surface area contributed by atoms with Gasteiger partial charge in [0.15, 0.2) is 11.8 Å². The van der Waals surface area contributed by atoms with Crippen molar-refractivity contribution < 1.29 is 4.79 Å². The number of aliphatic imine (C=N–C) groups is 1. The van der Waals surface area contributed by atoms with Crippen LogP contribution in [0.15, 0.2) is 4.99 Å². The summed E-state index contributed by atoms with van der Waals surface area (Å²) >= 11 is 0. The molecule has 1 aromatic heterocycles. The first-order chi connectivity index (χ1) is 10.9. The highest BCUT2D eigenvalue weighted by molar-refractivity contribution is 5.81. The zero-order valence-corrected chi connectivity index (χ0v) is 14.7. The second kappa shape index (κ2) is 7.43. The van der Waals surface area contributed by atoms with Crippen LogP contribution in [-0.4, -0.2) is 69.7 Å². The third-order valence-corrected chi connectivity index (χ3v) is 4.18. The molecule has 0 atom stereocenters. The molecule has 0 aromatic carbocycles. The Morgan fingerprint density at radius 3 is 2.30 bits per heavy atom. The first-order valence-electron chi connectivity index (χ1n) is 8.03. The molecule has 128 valence electrons. The maximum atomic E-state index is 12.0. The van der Waals surface area contributed by atoms with Crippen LogP contribution in [0.5, 0.6) is 0 Å². The molecule has 0 spiro atoms. The second-order valence-electron chi connectivity index (χ2n) is 6.09. The first-order valence-corrected chi connectivity index (χ1v) is 8.03. The molecule has 0 saturated carbocycles. The van der Waals surface area contributed by atoms with Crippen molar-refractivity contribution in [3.05, 3.63) is 11.6 Å². The molecule has 1 N–H and O–H groups in total. The zero-order valence-electron chi connectivity index (χ0n) is 14.7. The van der Waals surface area contributed by atoms with Gasteiger partial charge in [-0.05, 0) is 6.92 Å². The summed E-state index contributed by atoms with van der Waals surface area (Å²) in [4.78, 5) is 20.5. The molecule has 1 amide bonds. The largest absolute Gasteiger partial charge is 0.349 e. The lowest BCUT2D eigenvalue weighted by molar-refractivity contribution is -0.135. The van der Waals surface area contributed by atoms with Gasteiger partial charge in [-0.2, -0.15) is 0 Å². The summed E-state index contributed by atoms with van der Waals surface area (Å²) in [6.07, 6.45) is 0. The van der Waals surface area contributed by atoms with Crippen molar-refractivity contribution >= 4 is 11.9 Å². The standard InChI is InChI=1S/C15H27N7O/c1-11(2)14(23)21-6-8-22(9-7-21)15(16-4)17-10-13-19-18-12(3)20(13)5/h11H,6-10H2,1-5H3,(H,16,17). The third kappa shape index (κ3) is 4.00. The highest BCUT2D eigenvalue weighted by atomic mass is 16.2. The van der Waals surface area contributed by atoms with E-state index >= 15 is 0 Å². The molecule has 1 saturated heterocycles. The van der Waals surface area contributed by atoms with Gasteiger partial charge in [-0.25, -0.2) is 0 Å². The van der Waals surface area contributed by atoms with E-state index in [0.717, 1.165) is 43.8 Å². The van der Waals surface area contributed by atoms with E-state index in [1.165, 1.54) is 0 Å². The van der Waals surface area contributed by atoms with Crippen molar-refractivity contribution in [1.29, 1.82) is 0 Å². The monoisotopic (exact) mass is 321 g/mol. The molecule has 1 aliphatic rings.